The van der Waals surface area contributed by atoms with Crippen LogP contribution in [0, 0.1) is 5.82 Å². The number of carbonyl (C=O) groups is 1. The van der Waals surface area contributed by atoms with Gasteiger partial charge in [-0.05, 0) is 24.1 Å². The number of nitrogens with one attached hydrogen (secondary N) is 1. The highest BCUT2D eigenvalue weighted by atomic mass is 35.5. The van der Waals surface area contributed by atoms with E-state index in [1.165, 1.54) is 12.1 Å². The Morgan fingerprint density at radius 2 is 1.86 bits per heavy atom. The van der Waals surface area contributed by atoms with E-state index < -0.39 is 11.7 Å². The Balaban J connectivity index is 2.09. The van der Waals surface area contributed by atoms with Crippen molar-refractivity contribution in [1.29, 1.82) is 0 Å². The zero-order valence-electron chi connectivity index (χ0n) is 11.2. The van der Waals surface area contributed by atoms with Gasteiger partial charge in [-0.25, -0.2) is 4.39 Å². The molecule has 0 heterocycles. The monoisotopic (exact) mass is 361 g/mol. The lowest BCUT2D eigenvalue weighted by molar-refractivity contribution is 0.0951. The number of benzene rings is 2. The Morgan fingerprint density at radius 3 is 2.55 bits per heavy atom. The molecule has 0 saturated carbocycles. The highest BCUT2D eigenvalue weighted by Crippen LogP contribution is 2.38. The quantitative estimate of drug-likeness (QED) is 0.789. The minimum absolute atomic E-state index is 0.0590. The van der Waals surface area contributed by atoms with Gasteiger partial charge in [0.1, 0.15) is 17.1 Å². The lowest BCUT2D eigenvalue weighted by Crippen LogP contribution is -2.26. The fourth-order valence-electron chi connectivity index (χ4n) is 1.89. The first-order valence-electron chi connectivity index (χ1n) is 6.30. The molecule has 0 bridgehead atoms. The lowest BCUT2D eigenvalue weighted by atomic mass is 10.1. The summed E-state index contributed by atoms with van der Waals surface area (Å²) in [5, 5.41) is 12.3. The third-order valence-corrected chi connectivity index (χ3v) is 4.09. The normalized spacial score (nSPS) is 10.5. The second kappa shape index (κ2) is 7.18. The number of hydrogen-bond donors (Lipinski definition) is 2. The van der Waals surface area contributed by atoms with Crippen molar-refractivity contribution < 1.29 is 14.3 Å². The van der Waals surface area contributed by atoms with Crippen LogP contribution in [0.4, 0.5) is 4.39 Å². The molecular weight excluding hydrogens is 352 g/mol. The maximum atomic E-state index is 13.5. The molecule has 0 radical (unpaired) electrons. The topological polar surface area (TPSA) is 49.3 Å². The summed E-state index contributed by atoms with van der Waals surface area (Å²) in [6.45, 7) is 0.166. The van der Waals surface area contributed by atoms with Crippen molar-refractivity contribution in [2.24, 2.45) is 0 Å². The third kappa shape index (κ3) is 3.64. The lowest BCUT2D eigenvalue weighted by Gasteiger charge is -2.11. The van der Waals surface area contributed by atoms with E-state index in [1.807, 2.05) is 0 Å². The summed E-state index contributed by atoms with van der Waals surface area (Å²) in [6, 6.07) is 7.51. The van der Waals surface area contributed by atoms with Crippen LogP contribution < -0.4 is 5.32 Å². The Bertz CT molecular complexity index is 696. The van der Waals surface area contributed by atoms with E-state index in [9.17, 15) is 14.3 Å². The molecule has 0 spiro atoms. The van der Waals surface area contributed by atoms with Gasteiger partial charge in [0, 0.05) is 6.54 Å². The molecule has 116 valence electrons. The van der Waals surface area contributed by atoms with Crippen molar-refractivity contribution in [3.8, 4) is 5.75 Å². The van der Waals surface area contributed by atoms with Crippen LogP contribution in [0.5, 0.6) is 5.75 Å². The molecule has 0 aliphatic heterocycles. The molecule has 2 aromatic rings. The van der Waals surface area contributed by atoms with Gasteiger partial charge >= 0.3 is 0 Å². The van der Waals surface area contributed by atoms with Crippen molar-refractivity contribution in [3.05, 3.63) is 62.3 Å². The molecule has 0 fully saturated rings. The second-order valence-electron chi connectivity index (χ2n) is 4.48. The predicted octanol–water partition coefficient (Wildman–Crippen LogP) is 4.46. The molecule has 7 heteroatoms. The molecule has 2 N–H and O–H groups in total. The number of amides is 1. The van der Waals surface area contributed by atoms with E-state index in [1.54, 1.807) is 18.2 Å². The number of hydrogen-bond acceptors (Lipinski definition) is 2. The van der Waals surface area contributed by atoms with Gasteiger partial charge in [-0.1, -0.05) is 53.0 Å². The SMILES string of the molecule is O=C(NCCc1ccccc1F)c1c(O)c(Cl)cc(Cl)c1Cl. The number of phenols is 1. The standard InChI is InChI=1S/C15H11Cl3FNO2/c16-9-7-10(17)14(21)12(13(9)18)15(22)20-6-5-8-3-1-2-4-11(8)19/h1-4,7,21H,5-6H2,(H,20,22). The summed E-state index contributed by atoms with van der Waals surface area (Å²) in [4.78, 5) is 12.1. The molecule has 0 aliphatic carbocycles. The van der Waals surface area contributed by atoms with E-state index in [-0.39, 0.29) is 33.0 Å². The summed E-state index contributed by atoms with van der Waals surface area (Å²) in [6.07, 6.45) is 0.297. The molecule has 2 aromatic carbocycles. The molecule has 0 aromatic heterocycles. The number of rotatable bonds is 4. The van der Waals surface area contributed by atoms with Crippen LogP contribution in [-0.4, -0.2) is 17.6 Å². The molecule has 0 unspecified atom stereocenters. The van der Waals surface area contributed by atoms with Crippen molar-refractivity contribution in [3.63, 3.8) is 0 Å². The van der Waals surface area contributed by atoms with Crippen molar-refractivity contribution in [2.75, 3.05) is 6.54 Å². The third-order valence-electron chi connectivity index (χ3n) is 3.01. The van der Waals surface area contributed by atoms with Gasteiger partial charge < -0.3 is 10.4 Å². The highest BCUT2D eigenvalue weighted by molar-refractivity contribution is 6.45. The highest BCUT2D eigenvalue weighted by Gasteiger charge is 2.20. The molecule has 0 aliphatic rings. The summed E-state index contributed by atoms with van der Waals surface area (Å²) in [5.74, 6) is -1.42. The fourth-order valence-corrected chi connectivity index (χ4v) is 2.59. The molecule has 3 nitrogen and oxygen atoms in total. The van der Waals surface area contributed by atoms with E-state index in [0.29, 0.717) is 12.0 Å². The molecule has 0 atom stereocenters. The van der Waals surface area contributed by atoms with Gasteiger partial charge in [-0.15, -0.1) is 0 Å². The van der Waals surface area contributed by atoms with Crippen LogP contribution in [0.1, 0.15) is 15.9 Å². The van der Waals surface area contributed by atoms with Gasteiger partial charge in [0.2, 0.25) is 0 Å². The average molecular weight is 363 g/mol. The summed E-state index contributed by atoms with van der Waals surface area (Å²) >= 11 is 17.5. The van der Waals surface area contributed by atoms with Crippen molar-refractivity contribution in [2.45, 2.75) is 6.42 Å². The van der Waals surface area contributed by atoms with Gasteiger partial charge in [0.25, 0.3) is 5.91 Å². The summed E-state index contributed by atoms with van der Waals surface area (Å²) < 4.78 is 13.5. The first-order chi connectivity index (χ1) is 10.4. The Morgan fingerprint density at radius 1 is 1.18 bits per heavy atom. The van der Waals surface area contributed by atoms with Crippen LogP contribution in [0.25, 0.3) is 0 Å². The maximum Gasteiger partial charge on any atom is 0.256 e. The number of carbonyl (C=O) groups excluding carboxylic acids is 1. The first-order valence-corrected chi connectivity index (χ1v) is 7.43. The van der Waals surface area contributed by atoms with Crippen LogP contribution >= 0.6 is 34.8 Å². The van der Waals surface area contributed by atoms with Gasteiger partial charge in [-0.2, -0.15) is 0 Å². The van der Waals surface area contributed by atoms with Crippen LogP contribution in [0.15, 0.2) is 30.3 Å². The van der Waals surface area contributed by atoms with Crippen molar-refractivity contribution in [1.82, 2.24) is 5.32 Å². The molecule has 2 rings (SSSR count). The zero-order valence-corrected chi connectivity index (χ0v) is 13.4. The van der Waals surface area contributed by atoms with Gasteiger partial charge in [-0.3, -0.25) is 4.79 Å². The zero-order chi connectivity index (χ0) is 16.3. The number of phenolic OH excluding ortho intramolecular Hbond substituents is 1. The second-order valence-corrected chi connectivity index (χ2v) is 5.67. The molecule has 1 amide bonds. The molecule has 22 heavy (non-hydrogen) atoms. The fraction of sp³-hybridized carbons (Fsp3) is 0.133. The summed E-state index contributed by atoms with van der Waals surface area (Å²) in [7, 11) is 0. The van der Waals surface area contributed by atoms with Crippen molar-refractivity contribution >= 4 is 40.7 Å². The molecular formula is C15H11Cl3FNO2. The Kier molecular flexibility index (Phi) is 5.51. The average Bonchev–Trinajstić information content (AvgIpc) is 2.47. The van der Waals surface area contributed by atoms with Crippen LogP contribution in [-0.2, 0) is 6.42 Å². The first kappa shape index (κ1) is 16.9. The molecule has 0 saturated heterocycles. The van der Waals surface area contributed by atoms with Gasteiger partial charge in [0.15, 0.2) is 0 Å². The van der Waals surface area contributed by atoms with E-state index in [4.69, 9.17) is 34.8 Å². The smallest absolute Gasteiger partial charge is 0.256 e. The number of halogens is 4. The maximum absolute atomic E-state index is 13.5. The van der Waals surface area contributed by atoms with E-state index in [2.05, 4.69) is 5.32 Å². The van der Waals surface area contributed by atoms with Gasteiger partial charge in [0.05, 0.1) is 15.1 Å². The largest absolute Gasteiger partial charge is 0.505 e. The number of aromatic hydroxyl groups is 1. The van der Waals surface area contributed by atoms with Crippen LogP contribution in [0.3, 0.4) is 0 Å². The Labute approximate surface area is 141 Å². The summed E-state index contributed by atoms with van der Waals surface area (Å²) in [5.41, 5.74) is 0.273. The van der Waals surface area contributed by atoms with E-state index in [0.717, 1.165) is 0 Å². The van der Waals surface area contributed by atoms with E-state index >= 15 is 0 Å². The predicted molar refractivity (Wildman–Crippen MR) is 85.6 cm³/mol. The minimum atomic E-state index is -0.636. The Hall–Kier alpha value is -1.49. The van der Waals surface area contributed by atoms with Crippen LogP contribution in [0.2, 0.25) is 15.1 Å². The minimum Gasteiger partial charge on any atom is -0.505 e.